The minimum absolute atomic E-state index is 0.0240. The number of hydrogen-bond donors (Lipinski definition) is 2. The molecule has 2 aromatic carbocycles. The standard InChI is InChI=1S/C30H40F3NO4/c1-27(2,3)38-26(36)34-28(4,19-35)21-9-10-23-20(18-21)8-11-24(25(23)30(31,32)33)37-22-12-16-29(17-13-22)14-6-5-7-15-29/h8-11,18,22,35H,5-7,12-17,19H2,1-4H3,(H,34,36)/t28-/m0/s1. The second kappa shape index (κ2) is 10.6. The van der Waals surface area contributed by atoms with Gasteiger partial charge in [-0.2, -0.15) is 13.2 Å². The third-order valence-corrected chi connectivity index (χ3v) is 8.20. The van der Waals surface area contributed by atoms with Crippen molar-refractivity contribution in [1.29, 1.82) is 0 Å². The van der Waals surface area contributed by atoms with Gasteiger partial charge in [0.05, 0.1) is 18.2 Å². The third-order valence-electron chi connectivity index (χ3n) is 8.20. The number of aliphatic hydroxyl groups is 1. The van der Waals surface area contributed by atoms with E-state index in [1.165, 1.54) is 50.3 Å². The smallest absolute Gasteiger partial charge is 0.420 e. The third kappa shape index (κ3) is 6.38. The summed E-state index contributed by atoms with van der Waals surface area (Å²) in [6.07, 6.45) is 4.25. The molecule has 0 aromatic heterocycles. The summed E-state index contributed by atoms with van der Waals surface area (Å²) in [5.41, 5.74) is -1.95. The van der Waals surface area contributed by atoms with Crippen LogP contribution in [0.2, 0.25) is 0 Å². The number of amides is 1. The predicted molar refractivity (Wildman–Crippen MR) is 141 cm³/mol. The van der Waals surface area contributed by atoms with Gasteiger partial charge in [0.1, 0.15) is 16.9 Å². The van der Waals surface area contributed by atoms with Crippen molar-refractivity contribution in [2.45, 2.75) is 109 Å². The summed E-state index contributed by atoms with van der Waals surface area (Å²) in [6.45, 7) is 6.30. The molecule has 0 radical (unpaired) electrons. The van der Waals surface area contributed by atoms with E-state index in [0.717, 1.165) is 25.7 Å². The van der Waals surface area contributed by atoms with Crippen LogP contribution in [0.4, 0.5) is 18.0 Å². The van der Waals surface area contributed by atoms with E-state index in [2.05, 4.69) is 5.32 Å². The SMILES string of the molecule is CC(C)(C)OC(=O)N[C@@](C)(CO)c1ccc2c(C(F)(F)F)c(OC3CCC4(CCCCC4)CC3)ccc2c1. The first-order valence-electron chi connectivity index (χ1n) is 13.7. The summed E-state index contributed by atoms with van der Waals surface area (Å²) in [5, 5.41) is 13.1. The lowest BCUT2D eigenvalue weighted by molar-refractivity contribution is -0.138. The molecule has 2 saturated carbocycles. The number of alkyl halides is 3. The highest BCUT2D eigenvalue weighted by Crippen LogP contribution is 2.49. The number of carbonyl (C=O) groups excluding carboxylic acids is 1. The van der Waals surface area contributed by atoms with E-state index in [0.29, 0.717) is 16.4 Å². The van der Waals surface area contributed by atoms with Crippen molar-refractivity contribution in [2.75, 3.05) is 6.61 Å². The van der Waals surface area contributed by atoms with Gasteiger partial charge in [-0.1, -0.05) is 37.5 Å². The average Bonchev–Trinajstić information content (AvgIpc) is 2.83. The highest BCUT2D eigenvalue weighted by Gasteiger charge is 2.40. The summed E-state index contributed by atoms with van der Waals surface area (Å²) in [7, 11) is 0. The Morgan fingerprint density at radius 3 is 2.24 bits per heavy atom. The first kappa shape index (κ1) is 28.5. The van der Waals surface area contributed by atoms with Gasteiger partial charge >= 0.3 is 12.3 Å². The van der Waals surface area contributed by atoms with Gasteiger partial charge in [0.2, 0.25) is 0 Å². The van der Waals surface area contributed by atoms with E-state index in [9.17, 15) is 23.1 Å². The van der Waals surface area contributed by atoms with Crippen LogP contribution in [0, 0.1) is 5.41 Å². The maximum absolute atomic E-state index is 14.4. The lowest BCUT2D eigenvalue weighted by atomic mass is 9.65. The fourth-order valence-corrected chi connectivity index (χ4v) is 6.08. The zero-order valence-corrected chi connectivity index (χ0v) is 22.8. The molecule has 2 aliphatic carbocycles. The quantitative estimate of drug-likeness (QED) is 0.409. The molecule has 5 nitrogen and oxygen atoms in total. The molecule has 38 heavy (non-hydrogen) atoms. The van der Waals surface area contributed by atoms with Crippen LogP contribution in [-0.2, 0) is 16.5 Å². The fraction of sp³-hybridized carbons (Fsp3) is 0.633. The molecule has 1 amide bonds. The molecule has 2 aliphatic rings. The number of carbonyl (C=O) groups is 1. The largest absolute Gasteiger partial charge is 0.490 e. The van der Waals surface area contributed by atoms with Gasteiger partial charge in [0, 0.05) is 0 Å². The van der Waals surface area contributed by atoms with E-state index in [-0.39, 0.29) is 17.2 Å². The molecule has 2 aromatic rings. The van der Waals surface area contributed by atoms with Gasteiger partial charge in [-0.05, 0) is 100 Å². The van der Waals surface area contributed by atoms with E-state index in [1.807, 2.05) is 0 Å². The molecule has 0 heterocycles. The van der Waals surface area contributed by atoms with Gasteiger partial charge in [0.25, 0.3) is 0 Å². The molecular formula is C30H40F3NO4. The number of ether oxygens (including phenoxy) is 2. The van der Waals surface area contributed by atoms with Crippen LogP contribution in [0.3, 0.4) is 0 Å². The van der Waals surface area contributed by atoms with Crippen molar-refractivity contribution in [2.24, 2.45) is 5.41 Å². The van der Waals surface area contributed by atoms with Crippen molar-refractivity contribution in [1.82, 2.24) is 5.32 Å². The molecule has 8 heteroatoms. The first-order chi connectivity index (χ1) is 17.7. The maximum Gasteiger partial charge on any atom is 0.420 e. The normalized spacial score (nSPS) is 20.2. The summed E-state index contributed by atoms with van der Waals surface area (Å²) >= 11 is 0. The molecule has 1 spiro atoms. The van der Waals surface area contributed by atoms with E-state index >= 15 is 0 Å². The van der Waals surface area contributed by atoms with Crippen LogP contribution in [0.25, 0.3) is 10.8 Å². The number of aliphatic hydroxyl groups excluding tert-OH is 1. The van der Waals surface area contributed by atoms with Crippen LogP contribution in [0.5, 0.6) is 5.75 Å². The molecule has 4 rings (SSSR count). The van der Waals surface area contributed by atoms with E-state index in [1.54, 1.807) is 39.8 Å². The van der Waals surface area contributed by atoms with Crippen molar-refractivity contribution in [3.05, 3.63) is 41.5 Å². The van der Waals surface area contributed by atoms with Crippen LogP contribution >= 0.6 is 0 Å². The second-order valence-electron chi connectivity index (χ2n) is 12.4. The fourth-order valence-electron chi connectivity index (χ4n) is 6.08. The van der Waals surface area contributed by atoms with Gasteiger partial charge in [-0.15, -0.1) is 0 Å². The Hall–Kier alpha value is -2.48. The van der Waals surface area contributed by atoms with Crippen LogP contribution in [-0.4, -0.2) is 29.5 Å². The lowest BCUT2D eigenvalue weighted by Crippen LogP contribution is -2.48. The van der Waals surface area contributed by atoms with E-state index in [4.69, 9.17) is 9.47 Å². The zero-order valence-electron chi connectivity index (χ0n) is 22.8. The molecule has 0 aliphatic heterocycles. The van der Waals surface area contributed by atoms with Crippen LogP contribution in [0.1, 0.15) is 96.6 Å². The Bertz CT molecular complexity index is 1140. The van der Waals surface area contributed by atoms with Crippen LogP contribution in [0.15, 0.2) is 30.3 Å². The molecule has 210 valence electrons. The number of fused-ring (bicyclic) bond motifs is 1. The highest BCUT2D eigenvalue weighted by atomic mass is 19.4. The Labute approximate surface area is 223 Å². The molecule has 0 bridgehead atoms. The summed E-state index contributed by atoms with van der Waals surface area (Å²) in [5.74, 6) is -0.140. The van der Waals surface area contributed by atoms with E-state index < -0.39 is 35.6 Å². The zero-order chi connectivity index (χ0) is 27.8. The molecule has 2 fully saturated rings. The Morgan fingerprint density at radius 2 is 1.66 bits per heavy atom. The predicted octanol–water partition coefficient (Wildman–Crippen LogP) is 7.86. The average molecular weight is 536 g/mol. The molecular weight excluding hydrogens is 495 g/mol. The van der Waals surface area contributed by atoms with Gasteiger partial charge in [0.15, 0.2) is 0 Å². The van der Waals surface area contributed by atoms with Crippen molar-refractivity contribution in [3.8, 4) is 5.75 Å². The van der Waals surface area contributed by atoms with Crippen molar-refractivity contribution < 1.29 is 32.5 Å². The number of benzene rings is 2. The second-order valence-corrected chi connectivity index (χ2v) is 12.4. The van der Waals surface area contributed by atoms with Gasteiger partial charge < -0.3 is 19.9 Å². The van der Waals surface area contributed by atoms with Crippen molar-refractivity contribution >= 4 is 16.9 Å². The summed E-state index contributed by atoms with van der Waals surface area (Å²) in [6, 6.07) is 7.47. The number of nitrogens with one attached hydrogen (secondary N) is 1. The minimum atomic E-state index is -4.61. The molecule has 0 unspecified atom stereocenters. The molecule has 0 saturated heterocycles. The molecule has 1 atom stereocenters. The topological polar surface area (TPSA) is 67.8 Å². The van der Waals surface area contributed by atoms with Crippen molar-refractivity contribution in [3.63, 3.8) is 0 Å². The number of halogens is 3. The minimum Gasteiger partial charge on any atom is -0.490 e. The first-order valence-corrected chi connectivity index (χ1v) is 13.7. The number of alkyl carbamates (subject to hydrolysis) is 1. The van der Waals surface area contributed by atoms with Gasteiger partial charge in [-0.3, -0.25) is 0 Å². The Balaban J connectivity index is 1.59. The Kier molecular flexibility index (Phi) is 7.95. The number of hydrogen-bond acceptors (Lipinski definition) is 4. The summed E-state index contributed by atoms with van der Waals surface area (Å²) in [4.78, 5) is 12.4. The van der Waals surface area contributed by atoms with Crippen LogP contribution < -0.4 is 10.1 Å². The van der Waals surface area contributed by atoms with Gasteiger partial charge in [-0.25, -0.2) is 4.79 Å². The Morgan fingerprint density at radius 1 is 1.00 bits per heavy atom. The summed E-state index contributed by atoms with van der Waals surface area (Å²) < 4.78 is 54.4. The lowest BCUT2D eigenvalue weighted by Gasteiger charge is -2.43. The molecule has 2 N–H and O–H groups in total. The monoisotopic (exact) mass is 535 g/mol. The maximum atomic E-state index is 14.4. The number of rotatable bonds is 5. The highest BCUT2D eigenvalue weighted by molar-refractivity contribution is 5.89.